The number of hydrogen-bond donors (Lipinski definition) is 4. The molecular formula is C22H24N2O8. The first-order valence-electron chi connectivity index (χ1n) is 10.2. The number of aliphatic hydroxyl groups is 2. The highest BCUT2D eigenvalue weighted by molar-refractivity contribution is 6.32. The predicted octanol–water partition coefficient (Wildman–Crippen LogP) is -1.60. The number of benzene rings is 1. The fourth-order valence-electron chi connectivity index (χ4n) is 5.95. The van der Waals surface area contributed by atoms with Crippen molar-refractivity contribution in [2.24, 2.45) is 29.4 Å². The molecule has 8 atom stereocenters. The van der Waals surface area contributed by atoms with Crippen LogP contribution in [0.3, 0.4) is 0 Å². The second-order valence-electron chi connectivity index (χ2n) is 9.11. The van der Waals surface area contributed by atoms with Crippen LogP contribution in [-0.4, -0.2) is 81.1 Å². The highest BCUT2D eigenvalue weighted by Gasteiger charge is 2.72. The summed E-state index contributed by atoms with van der Waals surface area (Å²) < 4.78 is 0. The third-order valence-corrected chi connectivity index (χ3v) is 7.35. The molecule has 3 aliphatic rings. The lowest BCUT2D eigenvalue weighted by Crippen LogP contribution is -2.77. The molecule has 2 saturated carbocycles. The molecule has 10 heteroatoms. The molecule has 2 fully saturated rings. The van der Waals surface area contributed by atoms with E-state index in [1.165, 1.54) is 31.1 Å². The minimum Gasteiger partial charge on any atom is -0.507 e. The SMILES string of the molecule is C[C@@H]1c2cccc(O)c2C(=O)C2C(=O)[C@]3(O)C(=O)C(C(N)=O)C(=O)[C@@H](N(C)C)[C@@H]3[C@@H](O)[C@@H]21. The molecule has 170 valence electrons. The molecule has 0 radical (unpaired) electrons. The maximum atomic E-state index is 13.6. The third kappa shape index (κ3) is 2.54. The van der Waals surface area contributed by atoms with Crippen LogP contribution in [0.15, 0.2) is 18.2 Å². The van der Waals surface area contributed by atoms with E-state index in [9.17, 15) is 39.3 Å². The molecule has 1 aromatic carbocycles. The third-order valence-electron chi connectivity index (χ3n) is 7.35. The van der Waals surface area contributed by atoms with Crippen LogP contribution in [0.2, 0.25) is 0 Å². The van der Waals surface area contributed by atoms with E-state index in [-0.39, 0.29) is 11.3 Å². The molecule has 0 saturated heterocycles. The number of Topliss-reactive ketones (excluding diaryl/α,β-unsaturated/α-hetero) is 4. The Morgan fingerprint density at radius 3 is 2.31 bits per heavy atom. The molecule has 0 aromatic heterocycles. The zero-order valence-electron chi connectivity index (χ0n) is 17.7. The van der Waals surface area contributed by atoms with Crippen molar-refractivity contribution in [3.63, 3.8) is 0 Å². The van der Waals surface area contributed by atoms with Gasteiger partial charge in [-0.3, -0.25) is 28.9 Å². The van der Waals surface area contributed by atoms with Gasteiger partial charge in [0.05, 0.1) is 29.5 Å². The van der Waals surface area contributed by atoms with Crippen LogP contribution < -0.4 is 5.73 Å². The van der Waals surface area contributed by atoms with Gasteiger partial charge in [0.25, 0.3) is 0 Å². The van der Waals surface area contributed by atoms with Crippen LogP contribution in [-0.2, 0) is 19.2 Å². The molecule has 1 aromatic rings. The van der Waals surface area contributed by atoms with Crippen LogP contribution in [0.4, 0.5) is 0 Å². The van der Waals surface area contributed by atoms with Gasteiger partial charge in [-0.1, -0.05) is 19.1 Å². The van der Waals surface area contributed by atoms with E-state index in [4.69, 9.17) is 5.73 Å². The van der Waals surface area contributed by atoms with E-state index in [0.717, 1.165) is 0 Å². The van der Waals surface area contributed by atoms with Crippen molar-refractivity contribution in [2.75, 3.05) is 14.1 Å². The number of carbonyl (C=O) groups is 5. The van der Waals surface area contributed by atoms with E-state index < -0.39 is 76.4 Å². The summed E-state index contributed by atoms with van der Waals surface area (Å²) in [4.78, 5) is 66.3. The number of rotatable bonds is 2. The topological polar surface area (TPSA) is 175 Å². The highest BCUT2D eigenvalue weighted by atomic mass is 16.3. The molecule has 2 unspecified atom stereocenters. The van der Waals surface area contributed by atoms with E-state index in [1.54, 1.807) is 13.0 Å². The smallest absolute Gasteiger partial charge is 0.235 e. The van der Waals surface area contributed by atoms with Gasteiger partial charge in [0.2, 0.25) is 5.91 Å². The number of carbonyl (C=O) groups excluding carboxylic acids is 5. The van der Waals surface area contributed by atoms with Crippen molar-refractivity contribution in [3.8, 4) is 5.75 Å². The fourth-order valence-corrected chi connectivity index (χ4v) is 5.95. The second kappa shape index (κ2) is 7.03. The summed E-state index contributed by atoms with van der Waals surface area (Å²) in [7, 11) is 2.89. The van der Waals surface area contributed by atoms with Crippen molar-refractivity contribution in [1.29, 1.82) is 0 Å². The molecular weight excluding hydrogens is 420 g/mol. The lowest BCUT2D eigenvalue weighted by Gasteiger charge is -2.55. The van der Waals surface area contributed by atoms with Crippen molar-refractivity contribution in [3.05, 3.63) is 29.3 Å². The minimum atomic E-state index is -2.97. The molecule has 32 heavy (non-hydrogen) atoms. The number of phenols is 1. The Morgan fingerprint density at radius 1 is 1.12 bits per heavy atom. The molecule has 3 aliphatic carbocycles. The summed E-state index contributed by atoms with van der Waals surface area (Å²) in [6.45, 7) is 1.66. The summed E-state index contributed by atoms with van der Waals surface area (Å²) in [5, 5.41) is 33.1. The first kappa shape index (κ1) is 22.3. The second-order valence-corrected chi connectivity index (χ2v) is 9.11. The first-order chi connectivity index (χ1) is 14.9. The lowest BCUT2D eigenvalue weighted by molar-refractivity contribution is -0.196. The van der Waals surface area contributed by atoms with Gasteiger partial charge in [-0.05, 0) is 31.6 Å². The number of nitrogens with two attached hydrogens (primary N) is 1. The number of hydrogen-bond acceptors (Lipinski definition) is 9. The number of nitrogens with zero attached hydrogens (tertiary/aromatic N) is 1. The molecule has 0 aliphatic heterocycles. The number of ketones is 4. The minimum absolute atomic E-state index is 0.112. The number of fused-ring (bicyclic) bond motifs is 3. The van der Waals surface area contributed by atoms with Crippen LogP contribution >= 0.6 is 0 Å². The van der Waals surface area contributed by atoms with Gasteiger partial charge in [-0.25, -0.2) is 0 Å². The number of aliphatic hydroxyl groups excluding tert-OH is 1. The molecule has 5 N–H and O–H groups in total. The lowest BCUT2D eigenvalue weighted by atomic mass is 9.49. The van der Waals surface area contributed by atoms with E-state index in [1.807, 2.05) is 0 Å². The van der Waals surface area contributed by atoms with Gasteiger partial charge in [-0.15, -0.1) is 0 Å². The Morgan fingerprint density at radius 2 is 1.75 bits per heavy atom. The van der Waals surface area contributed by atoms with Crippen molar-refractivity contribution >= 4 is 29.0 Å². The van der Waals surface area contributed by atoms with Crippen molar-refractivity contribution in [1.82, 2.24) is 4.90 Å². The standard InChI is InChI=1S/C22H24N2O8/c1-7-8-5-4-6-9(25)11(8)16(26)12-10(7)17(27)14-15(24(2)3)18(28)13(21(23)31)20(30)22(14,32)19(12)29/h4-7,10,12-15,17,25,27,32H,1-3H3,(H2,23,31)/t7-,10-,12?,13?,14-,15+,17+,22+/m1/s1. The van der Waals surface area contributed by atoms with Crippen molar-refractivity contribution in [2.45, 2.75) is 30.6 Å². The van der Waals surface area contributed by atoms with Gasteiger partial charge in [0, 0.05) is 5.92 Å². The summed E-state index contributed by atoms with van der Waals surface area (Å²) in [6.07, 6.45) is -1.62. The van der Waals surface area contributed by atoms with E-state index in [0.29, 0.717) is 5.56 Å². The predicted molar refractivity (Wildman–Crippen MR) is 107 cm³/mol. The number of primary amides is 1. The maximum absolute atomic E-state index is 13.6. The summed E-state index contributed by atoms with van der Waals surface area (Å²) in [6, 6.07) is 3.03. The van der Waals surface area contributed by atoms with E-state index in [2.05, 4.69) is 0 Å². The normalized spacial score (nSPS) is 38.9. The highest BCUT2D eigenvalue weighted by Crippen LogP contribution is 2.54. The van der Waals surface area contributed by atoms with Gasteiger partial charge in [-0.2, -0.15) is 0 Å². The van der Waals surface area contributed by atoms with Gasteiger partial charge in [0.15, 0.2) is 34.7 Å². The Bertz CT molecular complexity index is 1080. The van der Waals surface area contributed by atoms with E-state index >= 15 is 0 Å². The van der Waals surface area contributed by atoms with Gasteiger partial charge in [0.1, 0.15) is 5.75 Å². The van der Waals surface area contributed by atoms with Gasteiger partial charge >= 0.3 is 0 Å². The number of likely N-dealkylation sites (N-methyl/N-ethyl adjacent to an activating group) is 1. The Balaban J connectivity index is 1.96. The zero-order valence-corrected chi connectivity index (χ0v) is 17.7. The Labute approximate surface area is 183 Å². The average molecular weight is 444 g/mol. The van der Waals surface area contributed by atoms with Crippen LogP contribution in [0, 0.1) is 23.7 Å². The maximum Gasteiger partial charge on any atom is 0.235 e. The molecule has 0 bridgehead atoms. The molecule has 10 nitrogen and oxygen atoms in total. The van der Waals surface area contributed by atoms with Crippen molar-refractivity contribution < 1.29 is 39.3 Å². The first-order valence-corrected chi connectivity index (χ1v) is 10.2. The molecule has 1 amide bonds. The average Bonchev–Trinajstić information content (AvgIpc) is 2.70. The zero-order chi connectivity index (χ0) is 23.9. The largest absolute Gasteiger partial charge is 0.507 e. The summed E-state index contributed by atoms with van der Waals surface area (Å²) in [5.41, 5.74) is 2.58. The van der Waals surface area contributed by atoms with Crippen LogP contribution in [0.25, 0.3) is 0 Å². The monoisotopic (exact) mass is 444 g/mol. The number of phenolic OH excluding ortho intramolecular Hbond substituents is 1. The van der Waals surface area contributed by atoms with Crippen LogP contribution in [0.1, 0.15) is 28.8 Å². The number of amides is 1. The quantitative estimate of drug-likeness (QED) is 0.391. The van der Waals surface area contributed by atoms with Gasteiger partial charge < -0.3 is 21.1 Å². The Hall–Kier alpha value is -2.95. The fraction of sp³-hybridized carbons (Fsp3) is 0.500. The number of aromatic hydroxyl groups is 1. The summed E-state index contributed by atoms with van der Waals surface area (Å²) in [5.74, 6) is -13.1. The Kier molecular flexibility index (Phi) is 4.89. The molecule has 0 heterocycles. The molecule has 0 spiro atoms. The van der Waals surface area contributed by atoms with Crippen LogP contribution in [0.5, 0.6) is 5.75 Å². The summed E-state index contributed by atoms with van der Waals surface area (Å²) >= 11 is 0. The molecule has 4 rings (SSSR count).